The Labute approximate surface area is 170 Å². The summed E-state index contributed by atoms with van der Waals surface area (Å²) < 4.78 is 25.6. The van der Waals surface area contributed by atoms with Gasteiger partial charge in [-0.25, -0.2) is 9.59 Å². The quantitative estimate of drug-likeness (QED) is 0.192. The highest BCUT2D eigenvalue weighted by Crippen LogP contribution is 2.19. The number of benzene rings is 1. The number of hydrogen-bond donors (Lipinski definition) is 0. The van der Waals surface area contributed by atoms with Crippen molar-refractivity contribution in [1.82, 2.24) is 0 Å². The maximum Gasteiger partial charge on any atom is 0.374 e. The lowest BCUT2D eigenvalue weighted by Gasteiger charge is -2.20. The van der Waals surface area contributed by atoms with Gasteiger partial charge in [-0.1, -0.05) is 30.3 Å². The highest BCUT2D eigenvalue weighted by Gasteiger charge is 2.29. The van der Waals surface area contributed by atoms with Crippen molar-refractivity contribution in [3.63, 3.8) is 0 Å². The number of hydrogen-bond acceptors (Lipinski definition) is 8. The van der Waals surface area contributed by atoms with E-state index in [1.807, 2.05) is 6.07 Å². The van der Waals surface area contributed by atoms with Crippen LogP contribution in [0.1, 0.15) is 39.7 Å². The van der Waals surface area contributed by atoms with Gasteiger partial charge in [0.1, 0.15) is 12.2 Å². The lowest BCUT2D eigenvalue weighted by atomic mass is 10.1. The van der Waals surface area contributed by atoms with Gasteiger partial charge in [0.15, 0.2) is 6.79 Å². The molecule has 1 aromatic carbocycles. The fourth-order valence-electron chi connectivity index (χ4n) is 2.16. The Kier molecular flexibility index (Phi) is 9.88. The predicted molar refractivity (Wildman–Crippen MR) is 103 cm³/mol. The van der Waals surface area contributed by atoms with Crippen LogP contribution in [0.3, 0.4) is 0 Å². The smallest absolute Gasteiger partial charge is 0.374 e. The molecular weight excluding hydrogens is 380 g/mol. The van der Waals surface area contributed by atoms with E-state index >= 15 is 0 Å². The Morgan fingerprint density at radius 3 is 2.14 bits per heavy atom. The van der Waals surface area contributed by atoms with Crippen molar-refractivity contribution < 1.29 is 38.1 Å². The van der Waals surface area contributed by atoms with Gasteiger partial charge in [-0.15, -0.1) is 0 Å². The van der Waals surface area contributed by atoms with Gasteiger partial charge in [0.05, 0.1) is 18.6 Å². The third kappa shape index (κ3) is 9.25. The van der Waals surface area contributed by atoms with Gasteiger partial charge in [0.2, 0.25) is 5.76 Å². The van der Waals surface area contributed by atoms with E-state index in [0.717, 1.165) is 5.56 Å². The lowest BCUT2D eigenvalue weighted by Crippen LogP contribution is -2.27. The Hall–Kier alpha value is -2.87. The molecule has 0 atom stereocenters. The molecule has 0 saturated heterocycles. The molecule has 0 aliphatic rings. The zero-order valence-electron chi connectivity index (χ0n) is 17.5. The van der Waals surface area contributed by atoms with E-state index in [9.17, 15) is 14.4 Å². The van der Waals surface area contributed by atoms with Gasteiger partial charge in [0.25, 0.3) is 0 Å². The molecule has 0 saturated carbocycles. The molecular formula is C21H28O8. The fraction of sp³-hybridized carbons (Fsp3) is 0.476. The molecule has 0 aliphatic heterocycles. The van der Waals surface area contributed by atoms with E-state index in [1.165, 1.54) is 7.11 Å². The number of methoxy groups -OCH3 is 1. The second kappa shape index (κ2) is 11.9. The highest BCUT2D eigenvalue weighted by atomic mass is 16.7. The SMILES string of the molecule is CCOC(=O)/C(CC(=O)OC(C)(C)C)=C(\OCOC)C(=O)OCc1ccccc1. The van der Waals surface area contributed by atoms with E-state index in [-0.39, 0.29) is 25.6 Å². The van der Waals surface area contributed by atoms with Crippen molar-refractivity contribution in [2.75, 3.05) is 20.5 Å². The Balaban J connectivity index is 3.14. The summed E-state index contributed by atoms with van der Waals surface area (Å²) >= 11 is 0. The zero-order chi connectivity index (χ0) is 21.9. The number of rotatable bonds is 10. The van der Waals surface area contributed by atoms with Gasteiger partial charge in [-0.3, -0.25) is 4.79 Å². The number of carbonyl (C=O) groups is 3. The molecule has 0 amide bonds. The van der Waals surface area contributed by atoms with Crippen LogP contribution < -0.4 is 0 Å². The summed E-state index contributed by atoms with van der Waals surface area (Å²) in [5, 5.41) is 0. The van der Waals surface area contributed by atoms with E-state index < -0.39 is 35.7 Å². The minimum absolute atomic E-state index is 0.0396. The van der Waals surface area contributed by atoms with Gasteiger partial charge in [0, 0.05) is 7.11 Å². The second-order valence-electron chi connectivity index (χ2n) is 6.90. The summed E-state index contributed by atoms with van der Waals surface area (Å²) in [7, 11) is 1.35. The molecule has 0 aromatic heterocycles. The first-order valence-corrected chi connectivity index (χ1v) is 9.12. The summed E-state index contributed by atoms with van der Waals surface area (Å²) in [6, 6.07) is 8.99. The van der Waals surface area contributed by atoms with Crippen LogP contribution in [-0.2, 0) is 44.7 Å². The molecule has 0 fully saturated rings. The molecule has 29 heavy (non-hydrogen) atoms. The third-order valence-corrected chi connectivity index (χ3v) is 3.26. The van der Waals surface area contributed by atoms with Gasteiger partial charge in [-0.05, 0) is 33.3 Å². The summed E-state index contributed by atoms with van der Waals surface area (Å²) in [5.74, 6) is -2.96. The van der Waals surface area contributed by atoms with Crippen LogP contribution in [0.15, 0.2) is 41.7 Å². The maximum absolute atomic E-state index is 12.6. The molecule has 0 spiro atoms. The Morgan fingerprint density at radius 2 is 1.59 bits per heavy atom. The second-order valence-corrected chi connectivity index (χ2v) is 6.90. The average Bonchev–Trinajstić information content (AvgIpc) is 2.65. The minimum atomic E-state index is -0.919. The molecule has 0 radical (unpaired) electrons. The molecule has 8 heteroatoms. The van der Waals surface area contributed by atoms with E-state index in [2.05, 4.69) is 0 Å². The molecule has 0 heterocycles. The molecule has 8 nitrogen and oxygen atoms in total. The highest BCUT2D eigenvalue weighted by molar-refractivity contribution is 6.02. The van der Waals surface area contributed by atoms with Gasteiger partial charge < -0.3 is 23.7 Å². The topological polar surface area (TPSA) is 97.4 Å². The molecule has 0 N–H and O–H groups in total. The standard InChI is InChI=1S/C21H28O8/c1-6-26-19(23)16(12-17(22)29-21(2,3)4)18(28-14-25-5)20(24)27-13-15-10-8-7-9-11-15/h7-11H,6,12-14H2,1-5H3/b18-16-. The summed E-state index contributed by atoms with van der Waals surface area (Å²) in [6.07, 6.45) is -0.518. The maximum atomic E-state index is 12.6. The number of ether oxygens (including phenoxy) is 5. The van der Waals surface area contributed by atoms with E-state index in [1.54, 1.807) is 52.0 Å². The molecule has 1 rings (SSSR count). The predicted octanol–water partition coefficient (Wildman–Crippen LogP) is 2.90. The zero-order valence-corrected chi connectivity index (χ0v) is 17.5. The molecule has 0 aliphatic carbocycles. The van der Waals surface area contributed by atoms with Gasteiger partial charge >= 0.3 is 17.9 Å². The third-order valence-electron chi connectivity index (χ3n) is 3.26. The number of carbonyl (C=O) groups excluding carboxylic acids is 3. The summed E-state index contributed by atoms with van der Waals surface area (Å²) in [6.45, 7) is 6.36. The van der Waals surface area contributed by atoms with Crippen molar-refractivity contribution in [3.8, 4) is 0 Å². The van der Waals surface area contributed by atoms with Crippen LogP contribution in [0, 0.1) is 0 Å². The summed E-state index contributed by atoms with van der Waals surface area (Å²) in [4.78, 5) is 37.3. The van der Waals surface area contributed by atoms with E-state index in [4.69, 9.17) is 23.7 Å². The number of esters is 3. The van der Waals surface area contributed by atoms with Crippen molar-refractivity contribution in [2.45, 2.75) is 46.3 Å². The largest absolute Gasteiger partial charge is 0.463 e. The van der Waals surface area contributed by atoms with Crippen LogP contribution in [0.5, 0.6) is 0 Å². The molecule has 0 bridgehead atoms. The molecule has 1 aromatic rings. The monoisotopic (exact) mass is 408 g/mol. The molecule has 160 valence electrons. The van der Waals surface area contributed by atoms with Crippen LogP contribution in [0.25, 0.3) is 0 Å². The van der Waals surface area contributed by atoms with E-state index in [0.29, 0.717) is 0 Å². The first kappa shape index (κ1) is 24.2. The van der Waals surface area contributed by atoms with Crippen LogP contribution in [0.4, 0.5) is 0 Å². The van der Waals surface area contributed by atoms with Crippen molar-refractivity contribution in [1.29, 1.82) is 0 Å². The lowest BCUT2D eigenvalue weighted by molar-refractivity contribution is -0.156. The normalized spacial score (nSPS) is 11.9. The Bertz CT molecular complexity index is 716. The Morgan fingerprint density at radius 1 is 0.931 bits per heavy atom. The van der Waals surface area contributed by atoms with Crippen molar-refractivity contribution in [3.05, 3.63) is 47.2 Å². The first-order chi connectivity index (χ1) is 13.7. The fourth-order valence-corrected chi connectivity index (χ4v) is 2.16. The van der Waals surface area contributed by atoms with Crippen LogP contribution >= 0.6 is 0 Å². The van der Waals surface area contributed by atoms with Crippen LogP contribution in [0.2, 0.25) is 0 Å². The minimum Gasteiger partial charge on any atom is -0.463 e. The van der Waals surface area contributed by atoms with Crippen molar-refractivity contribution in [2.24, 2.45) is 0 Å². The van der Waals surface area contributed by atoms with Crippen molar-refractivity contribution >= 4 is 17.9 Å². The molecule has 0 unspecified atom stereocenters. The summed E-state index contributed by atoms with van der Waals surface area (Å²) in [5.41, 5.74) is -0.314. The van der Waals surface area contributed by atoms with Crippen LogP contribution in [-0.4, -0.2) is 44.0 Å². The van der Waals surface area contributed by atoms with Gasteiger partial charge in [-0.2, -0.15) is 0 Å². The first-order valence-electron chi connectivity index (χ1n) is 9.12. The average molecular weight is 408 g/mol.